The fourth-order valence-electron chi connectivity index (χ4n) is 3.33. The molecule has 0 aromatic heterocycles. The quantitative estimate of drug-likeness (QED) is 0.243. The van der Waals surface area contributed by atoms with E-state index in [2.05, 4.69) is 5.32 Å². The van der Waals surface area contributed by atoms with Crippen LogP contribution in [0.5, 0.6) is 5.75 Å². The van der Waals surface area contributed by atoms with Crippen molar-refractivity contribution in [3.8, 4) is 5.75 Å². The minimum atomic E-state index is -4.56. The van der Waals surface area contributed by atoms with Crippen LogP contribution >= 0.6 is 0 Å². The van der Waals surface area contributed by atoms with Crippen molar-refractivity contribution in [2.75, 3.05) is 12.8 Å². The Balaban J connectivity index is 1.86. The number of nitrogen functional groups attached to an aromatic ring is 1. The van der Waals surface area contributed by atoms with E-state index in [1.807, 2.05) is 0 Å². The highest BCUT2D eigenvalue weighted by atomic mass is 19.4. The first-order valence-corrected chi connectivity index (χ1v) is 10.0. The van der Waals surface area contributed by atoms with Gasteiger partial charge in [0.2, 0.25) is 0 Å². The number of ether oxygens (including phenoxy) is 1. The third-order valence-corrected chi connectivity index (χ3v) is 4.98. The normalized spacial score (nSPS) is 11.4. The van der Waals surface area contributed by atoms with Gasteiger partial charge in [0, 0.05) is 12.2 Å². The summed E-state index contributed by atoms with van der Waals surface area (Å²) >= 11 is 0. The van der Waals surface area contributed by atoms with Crippen LogP contribution < -0.4 is 15.8 Å². The van der Waals surface area contributed by atoms with Crippen molar-refractivity contribution < 1.29 is 27.1 Å². The summed E-state index contributed by atoms with van der Waals surface area (Å²) in [5.74, 6) is -1.07. The summed E-state index contributed by atoms with van der Waals surface area (Å²) in [6, 6.07) is 13.4. The number of amides is 1. The zero-order chi connectivity index (χ0) is 24.9. The van der Waals surface area contributed by atoms with Gasteiger partial charge in [-0.15, -0.1) is 0 Å². The Kier molecular flexibility index (Phi) is 7.35. The molecule has 0 aliphatic rings. The number of methoxy groups -OCH3 is 1. The topological polar surface area (TPSA) is 88.2 Å². The summed E-state index contributed by atoms with van der Waals surface area (Å²) in [5.41, 5.74) is 5.99. The van der Waals surface area contributed by atoms with Crippen molar-refractivity contribution in [3.63, 3.8) is 0 Å². The predicted octanol–water partition coefficient (Wildman–Crippen LogP) is 5.45. The Morgan fingerprint density at radius 2 is 1.76 bits per heavy atom. The molecule has 3 rings (SSSR count). The molecule has 9 heteroatoms. The largest absolute Gasteiger partial charge is 0.495 e. The molecule has 5 nitrogen and oxygen atoms in total. The molecule has 0 aliphatic heterocycles. The molecule has 1 amide bonds. The summed E-state index contributed by atoms with van der Waals surface area (Å²) in [4.78, 5) is 12.8. The molecule has 0 fully saturated rings. The summed E-state index contributed by atoms with van der Waals surface area (Å²) in [6.07, 6.45) is -1.57. The van der Waals surface area contributed by atoms with Crippen molar-refractivity contribution in [2.45, 2.75) is 12.7 Å². The summed E-state index contributed by atoms with van der Waals surface area (Å²) in [6.45, 7) is -0.362. The van der Waals surface area contributed by atoms with E-state index in [0.29, 0.717) is 5.56 Å². The van der Waals surface area contributed by atoms with Gasteiger partial charge in [0.25, 0.3) is 5.91 Å². The maximum atomic E-state index is 13.2. The number of nitrogens with one attached hydrogen (secondary N) is 2. The molecular formula is C25H21F4N3O2. The van der Waals surface area contributed by atoms with Gasteiger partial charge in [-0.25, -0.2) is 4.39 Å². The number of hydrogen-bond donors (Lipinski definition) is 3. The monoisotopic (exact) mass is 471 g/mol. The van der Waals surface area contributed by atoms with Crippen LogP contribution in [0.4, 0.5) is 23.2 Å². The maximum Gasteiger partial charge on any atom is 0.416 e. The fraction of sp³-hybridized carbons (Fsp3) is 0.120. The number of halogens is 4. The van der Waals surface area contributed by atoms with Gasteiger partial charge in [-0.05, 0) is 47.5 Å². The summed E-state index contributed by atoms with van der Waals surface area (Å²) < 4.78 is 58.1. The van der Waals surface area contributed by atoms with Gasteiger partial charge in [0.1, 0.15) is 11.6 Å². The number of allylic oxidation sites excluding steroid dienone is 1. The number of anilines is 1. The van der Waals surface area contributed by atoms with Crippen molar-refractivity contribution in [1.29, 1.82) is 5.41 Å². The lowest BCUT2D eigenvalue weighted by Gasteiger charge is -2.16. The lowest BCUT2D eigenvalue weighted by molar-refractivity contribution is -0.138. The zero-order valence-electron chi connectivity index (χ0n) is 18.0. The van der Waals surface area contributed by atoms with Crippen molar-refractivity contribution in [1.82, 2.24) is 5.32 Å². The van der Waals surface area contributed by atoms with Gasteiger partial charge in [0.05, 0.1) is 29.5 Å². The molecule has 0 bridgehead atoms. The minimum Gasteiger partial charge on any atom is -0.495 e. The standard InChI is InChI=1S/C25H21F4N3O2/c1-34-23-18(24(33)32-14-16-4-2-3-5-19(16)25(27,28)29)11-13-21(31)22(23)20(30)12-8-15-6-9-17(26)10-7-15/h2-13,30H,14,31H2,1H3,(H,32,33)/b12-8+,30-20?. The summed E-state index contributed by atoms with van der Waals surface area (Å²) in [5, 5.41) is 10.9. The molecular weight excluding hydrogens is 450 g/mol. The van der Waals surface area contributed by atoms with Gasteiger partial charge in [-0.2, -0.15) is 13.2 Å². The Hall–Kier alpha value is -4.14. The van der Waals surface area contributed by atoms with Gasteiger partial charge in [-0.3, -0.25) is 4.79 Å². The second-order valence-corrected chi connectivity index (χ2v) is 7.25. The maximum absolute atomic E-state index is 13.2. The number of carbonyl (C=O) groups excluding carboxylic acids is 1. The first-order valence-electron chi connectivity index (χ1n) is 10.0. The van der Waals surface area contributed by atoms with Crippen LogP contribution in [0.25, 0.3) is 6.08 Å². The van der Waals surface area contributed by atoms with Crippen LogP contribution in [0, 0.1) is 11.2 Å². The van der Waals surface area contributed by atoms with Crippen LogP contribution in [-0.4, -0.2) is 18.7 Å². The molecule has 34 heavy (non-hydrogen) atoms. The number of benzene rings is 3. The lowest BCUT2D eigenvalue weighted by Crippen LogP contribution is -2.25. The number of alkyl halides is 3. The summed E-state index contributed by atoms with van der Waals surface area (Å²) in [7, 11) is 1.30. The fourth-order valence-corrected chi connectivity index (χ4v) is 3.33. The van der Waals surface area contributed by atoms with Crippen LogP contribution in [0.1, 0.15) is 32.6 Å². The van der Waals surface area contributed by atoms with E-state index >= 15 is 0 Å². The average Bonchev–Trinajstić information content (AvgIpc) is 2.81. The molecule has 0 heterocycles. The molecule has 4 N–H and O–H groups in total. The SMILES string of the molecule is COc1c(C(=O)NCc2ccccc2C(F)(F)F)ccc(N)c1C(=N)/C=C/c1ccc(F)cc1. The highest BCUT2D eigenvalue weighted by Crippen LogP contribution is 2.33. The Morgan fingerprint density at radius 3 is 2.41 bits per heavy atom. The molecule has 0 atom stereocenters. The molecule has 0 unspecified atom stereocenters. The van der Waals surface area contributed by atoms with Crippen LogP contribution in [0.2, 0.25) is 0 Å². The van der Waals surface area contributed by atoms with Crippen LogP contribution in [-0.2, 0) is 12.7 Å². The van der Waals surface area contributed by atoms with Gasteiger partial charge in [-0.1, -0.05) is 36.4 Å². The molecule has 0 spiro atoms. The number of nitrogens with two attached hydrogens (primary N) is 1. The molecule has 176 valence electrons. The third-order valence-electron chi connectivity index (χ3n) is 4.98. The van der Waals surface area contributed by atoms with E-state index in [-0.39, 0.29) is 40.4 Å². The average molecular weight is 471 g/mol. The predicted molar refractivity (Wildman–Crippen MR) is 122 cm³/mol. The van der Waals surface area contributed by atoms with Gasteiger partial charge >= 0.3 is 6.18 Å². The van der Waals surface area contributed by atoms with E-state index in [9.17, 15) is 22.4 Å². The number of rotatable bonds is 7. The van der Waals surface area contributed by atoms with E-state index in [0.717, 1.165) is 6.07 Å². The van der Waals surface area contributed by atoms with E-state index in [1.54, 1.807) is 6.08 Å². The van der Waals surface area contributed by atoms with Gasteiger partial charge in [0.15, 0.2) is 0 Å². The van der Waals surface area contributed by atoms with Gasteiger partial charge < -0.3 is 21.2 Å². The molecule has 3 aromatic rings. The molecule has 0 saturated heterocycles. The van der Waals surface area contributed by atoms with Crippen LogP contribution in [0.3, 0.4) is 0 Å². The van der Waals surface area contributed by atoms with Crippen molar-refractivity contribution in [3.05, 3.63) is 100 Å². The highest BCUT2D eigenvalue weighted by Gasteiger charge is 2.33. The van der Waals surface area contributed by atoms with Crippen LogP contribution in [0.15, 0.2) is 66.7 Å². The Bertz CT molecular complexity index is 1240. The van der Waals surface area contributed by atoms with E-state index < -0.39 is 23.5 Å². The third kappa shape index (κ3) is 5.61. The first-order chi connectivity index (χ1) is 16.1. The first kappa shape index (κ1) is 24.5. The van der Waals surface area contributed by atoms with E-state index in [1.165, 1.54) is 67.8 Å². The zero-order valence-corrected chi connectivity index (χ0v) is 18.0. The van der Waals surface area contributed by atoms with E-state index in [4.69, 9.17) is 15.9 Å². The molecule has 0 radical (unpaired) electrons. The minimum absolute atomic E-state index is 0.00960. The second-order valence-electron chi connectivity index (χ2n) is 7.25. The second kappa shape index (κ2) is 10.2. The number of carbonyl (C=O) groups is 1. The van der Waals surface area contributed by atoms with Crippen molar-refractivity contribution in [2.24, 2.45) is 0 Å². The molecule has 3 aromatic carbocycles. The lowest BCUT2D eigenvalue weighted by atomic mass is 10.0. The Morgan fingerprint density at radius 1 is 1.09 bits per heavy atom. The number of hydrogen-bond acceptors (Lipinski definition) is 4. The highest BCUT2D eigenvalue weighted by molar-refractivity contribution is 6.15. The van der Waals surface area contributed by atoms with Crippen molar-refractivity contribution >= 4 is 23.4 Å². The molecule has 0 aliphatic carbocycles. The smallest absolute Gasteiger partial charge is 0.416 e. The molecule has 0 saturated carbocycles. The Labute approximate surface area is 193 Å².